The van der Waals surface area contributed by atoms with Crippen LogP contribution in [-0.4, -0.2) is 11.7 Å². The summed E-state index contributed by atoms with van der Waals surface area (Å²) in [6.07, 6.45) is 2.30. The van der Waals surface area contributed by atoms with Crippen LogP contribution in [0.5, 0.6) is 5.75 Å². The molecule has 3 rings (SSSR count). The Kier molecular flexibility index (Phi) is 2.63. The summed E-state index contributed by atoms with van der Waals surface area (Å²) in [4.78, 5) is 0. The largest absolute Gasteiger partial charge is 0.487 e. The molecule has 3 atom stereocenters. The van der Waals surface area contributed by atoms with E-state index in [1.54, 1.807) is 12.1 Å². The molecule has 0 N–H and O–H groups in total. The Balaban J connectivity index is 2.07. The van der Waals surface area contributed by atoms with Crippen LogP contribution < -0.4 is 4.74 Å². The van der Waals surface area contributed by atoms with Gasteiger partial charge in [0.05, 0.1) is 12.2 Å². The predicted octanol–water partition coefficient (Wildman–Crippen LogP) is 3.85. The standard InChI is InChI=1S/C15H19FO2/c1-9-4-6-12-14(17-9)11-8-10(16)5-7-13(11)18-15(12,2)3/h5,7-9,12,14H,4,6H2,1-3H3/t9-,12-,14+/m1/s1. The molecule has 2 aliphatic heterocycles. The van der Waals surface area contributed by atoms with Crippen molar-refractivity contribution >= 4 is 0 Å². The zero-order valence-corrected chi connectivity index (χ0v) is 11.1. The molecule has 2 heterocycles. The summed E-state index contributed by atoms with van der Waals surface area (Å²) in [6.45, 7) is 6.27. The fourth-order valence-corrected chi connectivity index (χ4v) is 3.17. The first-order valence-electron chi connectivity index (χ1n) is 6.61. The summed E-state index contributed by atoms with van der Waals surface area (Å²) in [7, 11) is 0. The van der Waals surface area contributed by atoms with E-state index < -0.39 is 0 Å². The van der Waals surface area contributed by atoms with Crippen molar-refractivity contribution in [2.24, 2.45) is 5.92 Å². The van der Waals surface area contributed by atoms with Crippen LogP contribution in [0.2, 0.25) is 0 Å². The molecule has 0 amide bonds. The molecule has 1 fully saturated rings. The van der Waals surface area contributed by atoms with Crippen molar-refractivity contribution in [2.45, 2.75) is 51.4 Å². The van der Waals surface area contributed by atoms with Crippen molar-refractivity contribution in [3.05, 3.63) is 29.6 Å². The van der Waals surface area contributed by atoms with E-state index in [-0.39, 0.29) is 23.6 Å². The SMILES string of the molecule is C[C@@H]1CC[C@@H]2[C@@H](O1)c1cc(F)ccc1OC2(C)C. The number of fused-ring (bicyclic) bond motifs is 3. The maximum Gasteiger partial charge on any atom is 0.126 e. The molecule has 1 aromatic carbocycles. The second-order valence-electron chi connectivity index (χ2n) is 5.94. The van der Waals surface area contributed by atoms with Crippen LogP contribution in [0.1, 0.15) is 45.3 Å². The highest BCUT2D eigenvalue weighted by atomic mass is 19.1. The molecular weight excluding hydrogens is 231 g/mol. The number of benzene rings is 1. The van der Waals surface area contributed by atoms with Crippen molar-refractivity contribution in [3.63, 3.8) is 0 Å². The van der Waals surface area contributed by atoms with E-state index in [2.05, 4.69) is 20.8 Å². The average molecular weight is 250 g/mol. The summed E-state index contributed by atoms with van der Waals surface area (Å²) in [5.41, 5.74) is 0.612. The molecule has 1 aromatic rings. The average Bonchev–Trinajstić information content (AvgIpc) is 2.30. The van der Waals surface area contributed by atoms with Crippen molar-refractivity contribution in [2.75, 3.05) is 0 Å². The number of rotatable bonds is 0. The maximum absolute atomic E-state index is 13.4. The van der Waals surface area contributed by atoms with Gasteiger partial charge in [-0.3, -0.25) is 0 Å². The van der Waals surface area contributed by atoms with Gasteiger partial charge in [0.1, 0.15) is 17.2 Å². The van der Waals surface area contributed by atoms with Crippen molar-refractivity contribution < 1.29 is 13.9 Å². The zero-order valence-electron chi connectivity index (χ0n) is 11.1. The second-order valence-corrected chi connectivity index (χ2v) is 5.94. The fourth-order valence-electron chi connectivity index (χ4n) is 3.17. The summed E-state index contributed by atoms with van der Waals surface area (Å²) < 4.78 is 25.5. The maximum atomic E-state index is 13.4. The Morgan fingerprint density at radius 3 is 2.83 bits per heavy atom. The Bertz CT molecular complexity index is 470. The molecule has 3 heteroatoms. The van der Waals surface area contributed by atoms with Gasteiger partial charge in [-0.05, 0) is 51.8 Å². The highest BCUT2D eigenvalue weighted by molar-refractivity contribution is 5.39. The van der Waals surface area contributed by atoms with Gasteiger partial charge < -0.3 is 9.47 Å². The molecule has 0 saturated carbocycles. The molecule has 0 bridgehead atoms. The Labute approximate surface area is 107 Å². The molecule has 2 aliphatic rings. The number of hydrogen-bond donors (Lipinski definition) is 0. The van der Waals surface area contributed by atoms with E-state index in [9.17, 15) is 4.39 Å². The Morgan fingerprint density at radius 2 is 2.06 bits per heavy atom. The lowest BCUT2D eigenvalue weighted by Gasteiger charge is -2.48. The van der Waals surface area contributed by atoms with Crippen LogP contribution in [0.3, 0.4) is 0 Å². The smallest absolute Gasteiger partial charge is 0.126 e. The van der Waals surface area contributed by atoms with Crippen LogP contribution in [-0.2, 0) is 4.74 Å². The molecular formula is C15H19FO2. The number of ether oxygens (including phenoxy) is 2. The summed E-state index contributed by atoms with van der Waals surface area (Å²) in [5, 5.41) is 0. The molecule has 0 unspecified atom stereocenters. The predicted molar refractivity (Wildman–Crippen MR) is 67.1 cm³/mol. The van der Waals surface area contributed by atoms with Gasteiger partial charge in [0.15, 0.2) is 0 Å². The van der Waals surface area contributed by atoms with Gasteiger partial charge in [-0.1, -0.05) is 0 Å². The van der Waals surface area contributed by atoms with Crippen LogP contribution >= 0.6 is 0 Å². The van der Waals surface area contributed by atoms with Gasteiger partial charge in [-0.15, -0.1) is 0 Å². The third-order valence-electron chi connectivity index (χ3n) is 4.17. The van der Waals surface area contributed by atoms with E-state index in [1.165, 1.54) is 6.07 Å². The van der Waals surface area contributed by atoms with Crippen LogP contribution in [0, 0.1) is 11.7 Å². The van der Waals surface area contributed by atoms with Crippen molar-refractivity contribution in [1.82, 2.24) is 0 Å². The van der Waals surface area contributed by atoms with Gasteiger partial charge in [-0.25, -0.2) is 4.39 Å². The normalized spacial score (nSPS) is 33.2. The van der Waals surface area contributed by atoms with Crippen molar-refractivity contribution in [1.29, 1.82) is 0 Å². The first-order valence-corrected chi connectivity index (χ1v) is 6.61. The topological polar surface area (TPSA) is 18.5 Å². The van der Waals surface area contributed by atoms with Gasteiger partial charge >= 0.3 is 0 Å². The fraction of sp³-hybridized carbons (Fsp3) is 0.600. The summed E-state index contributed by atoms with van der Waals surface area (Å²) in [5.74, 6) is 0.831. The monoisotopic (exact) mass is 250 g/mol. The third-order valence-corrected chi connectivity index (χ3v) is 4.17. The second kappa shape index (κ2) is 3.95. The van der Waals surface area contributed by atoms with E-state index >= 15 is 0 Å². The third kappa shape index (κ3) is 1.81. The van der Waals surface area contributed by atoms with Crippen LogP contribution in [0.25, 0.3) is 0 Å². The minimum Gasteiger partial charge on any atom is -0.487 e. The van der Waals surface area contributed by atoms with Gasteiger partial charge in [0.25, 0.3) is 0 Å². The summed E-state index contributed by atoms with van der Waals surface area (Å²) in [6, 6.07) is 4.72. The van der Waals surface area contributed by atoms with Crippen LogP contribution in [0.15, 0.2) is 18.2 Å². The molecule has 0 spiro atoms. The quantitative estimate of drug-likeness (QED) is 0.696. The first kappa shape index (κ1) is 12.0. The first-order chi connectivity index (χ1) is 8.47. The zero-order chi connectivity index (χ0) is 12.9. The molecule has 98 valence electrons. The van der Waals surface area contributed by atoms with E-state index in [1.807, 2.05) is 0 Å². The lowest BCUT2D eigenvalue weighted by molar-refractivity contribution is -0.144. The minimum absolute atomic E-state index is 0.0387. The van der Waals surface area contributed by atoms with Gasteiger partial charge in [0, 0.05) is 11.5 Å². The van der Waals surface area contributed by atoms with Crippen LogP contribution in [0.4, 0.5) is 4.39 Å². The lowest BCUT2D eigenvalue weighted by atomic mass is 9.75. The molecule has 0 aliphatic carbocycles. The highest BCUT2D eigenvalue weighted by Crippen LogP contribution is 2.50. The molecule has 0 aromatic heterocycles. The lowest BCUT2D eigenvalue weighted by Crippen LogP contribution is -2.48. The molecule has 2 nitrogen and oxygen atoms in total. The Morgan fingerprint density at radius 1 is 1.28 bits per heavy atom. The van der Waals surface area contributed by atoms with E-state index in [4.69, 9.17) is 9.47 Å². The van der Waals surface area contributed by atoms with Gasteiger partial charge in [0.2, 0.25) is 0 Å². The minimum atomic E-state index is -0.254. The van der Waals surface area contributed by atoms with E-state index in [0.29, 0.717) is 5.92 Å². The Hall–Kier alpha value is -1.09. The number of halogens is 1. The van der Waals surface area contributed by atoms with Crippen molar-refractivity contribution in [3.8, 4) is 5.75 Å². The molecule has 1 saturated heterocycles. The molecule has 0 radical (unpaired) electrons. The van der Waals surface area contributed by atoms with Gasteiger partial charge in [-0.2, -0.15) is 0 Å². The van der Waals surface area contributed by atoms with E-state index in [0.717, 1.165) is 24.2 Å². The molecule has 18 heavy (non-hydrogen) atoms. The highest BCUT2D eigenvalue weighted by Gasteiger charge is 2.46. The summed E-state index contributed by atoms with van der Waals surface area (Å²) >= 11 is 0. The number of hydrogen-bond acceptors (Lipinski definition) is 2.